The van der Waals surface area contributed by atoms with Gasteiger partial charge in [0.25, 0.3) is 5.91 Å². The molecule has 0 atom stereocenters. The number of benzene rings is 2. The number of halogens is 2. The van der Waals surface area contributed by atoms with Crippen molar-refractivity contribution in [3.8, 4) is 22.9 Å². The average molecular weight is 460 g/mol. The number of ether oxygens (including phenoxy) is 1. The molecule has 0 radical (unpaired) electrons. The Morgan fingerprint density at radius 2 is 1.76 bits per heavy atom. The van der Waals surface area contributed by atoms with Gasteiger partial charge < -0.3 is 9.64 Å². The van der Waals surface area contributed by atoms with Gasteiger partial charge in [0, 0.05) is 38.1 Å². The number of hydrogen-bond acceptors (Lipinski definition) is 4. The summed E-state index contributed by atoms with van der Waals surface area (Å²) < 4.78 is 36.2. The summed E-state index contributed by atoms with van der Waals surface area (Å²) in [6.45, 7) is 2.54. The molecule has 0 aliphatic carbocycles. The lowest BCUT2D eigenvalue weighted by atomic mass is 10.1. The van der Waals surface area contributed by atoms with E-state index in [-0.39, 0.29) is 17.4 Å². The maximum atomic E-state index is 14.5. The molecular weight excluding hydrogens is 438 g/mol. The molecule has 2 aromatic carbocycles. The Balaban J connectivity index is 1.36. The van der Waals surface area contributed by atoms with E-state index in [0.717, 1.165) is 16.8 Å². The topological polar surface area (TPSA) is 60.2 Å². The number of hydrogen-bond donors (Lipinski definition) is 0. The second kappa shape index (κ2) is 8.70. The second-order valence-corrected chi connectivity index (χ2v) is 8.23. The summed E-state index contributed by atoms with van der Waals surface area (Å²) in [6, 6.07) is 13.9. The minimum absolute atomic E-state index is 0.0995. The second-order valence-electron chi connectivity index (χ2n) is 8.23. The number of carbonyl (C=O) groups excluding carboxylic acids is 1. The quantitative estimate of drug-likeness (QED) is 0.393. The van der Waals surface area contributed by atoms with Crippen molar-refractivity contribution in [3.63, 3.8) is 0 Å². The summed E-state index contributed by atoms with van der Waals surface area (Å²) in [5.41, 5.74) is 4.25. The van der Waals surface area contributed by atoms with Gasteiger partial charge in [0.05, 0.1) is 5.69 Å². The molecule has 5 rings (SSSR count). The summed E-state index contributed by atoms with van der Waals surface area (Å²) in [5.74, 6) is -2.61. The van der Waals surface area contributed by atoms with Crippen molar-refractivity contribution in [2.75, 3.05) is 0 Å². The molecule has 0 fully saturated rings. The fraction of sp³-hybridized carbons (Fsp3) is 0.192. The van der Waals surface area contributed by atoms with Crippen molar-refractivity contribution in [2.45, 2.75) is 26.4 Å². The summed E-state index contributed by atoms with van der Waals surface area (Å²) in [6.07, 6.45) is 3.85. The largest absolute Gasteiger partial charge is 0.432 e. The predicted octanol–water partition coefficient (Wildman–Crippen LogP) is 5.27. The highest BCUT2D eigenvalue weighted by Gasteiger charge is 2.32. The third-order valence-electron chi connectivity index (χ3n) is 5.87. The standard InChI is InChI=1S/C26H22F2N4O2/c1-3-16-12-20(27)24(21(28)13-16)34-25-23-19(8-10-29-25)15-32(26(23)33)14-17-4-6-18(7-5-17)22-9-11-31(2)30-22/h4-13H,3,14-15H2,1-2H3. The normalized spacial score (nSPS) is 12.8. The number of pyridine rings is 1. The summed E-state index contributed by atoms with van der Waals surface area (Å²) in [7, 11) is 1.87. The van der Waals surface area contributed by atoms with Crippen LogP contribution in [-0.4, -0.2) is 25.6 Å². The smallest absolute Gasteiger partial charge is 0.260 e. The van der Waals surface area contributed by atoms with Gasteiger partial charge in [0.15, 0.2) is 11.6 Å². The monoisotopic (exact) mass is 460 g/mol. The van der Waals surface area contributed by atoms with Crippen LogP contribution < -0.4 is 4.74 Å². The van der Waals surface area contributed by atoms with E-state index in [2.05, 4.69) is 10.1 Å². The van der Waals surface area contributed by atoms with E-state index in [1.165, 1.54) is 18.3 Å². The molecular formula is C26H22F2N4O2. The van der Waals surface area contributed by atoms with Crippen molar-refractivity contribution >= 4 is 5.91 Å². The van der Waals surface area contributed by atoms with Crippen molar-refractivity contribution in [3.05, 3.63) is 94.8 Å². The fourth-order valence-corrected chi connectivity index (χ4v) is 4.06. The first kappa shape index (κ1) is 21.8. The first-order valence-corrected chi connectivity index (χ1v) is 10.9. The van der Waals surface area contributed by atoms with E-state index in [1.54, 1.807) is 22.6 Å². The molecule has 172 valence electrons. The number of nitrogens with zero attached hydrogens (tertiary/aromatic N) is 4. The highest BCUT2D eigenvalue weighted by Crippen LogP contribution is 2.35. The summed E-state index contributed by atoms with van der Waals surface area (Å²) in [5, 5.41) is 4.40. The molecule has 1 aliphatic heterocycles. The van der Waals surface area contributed by atoms with Crippen molar-refractivity contribution < 1.29 is 18.3 Å². The molecule has 6 nitrogen and oxygen atoms in total. The van der Waals surface area contributed by atoms with E-state index >= 15 is 0 Å². The van der Waals surface area contributed by atoms with Crippen molar-refractivity contribution in [1.82, 2.24) is 19.7 Å². The molecule has 34 heavy (non-hydrogen) atoms. The number of carbonyl (C=O) groups is 1. The van der Waals surface area contributed by atoms with Crippen molar-refractivity contribution in [2.24, 2.45) is 7.05 Å². The Kier molecular flexibility index (Phi) is 5.57. The zero-order chi connectivity index (χ0) is 23.8. The highest BCUT2D eigenvalue weighted by atomic mass is 19.1. The van der Waals surface area contributed by atoms with Crippen LogP contribution in [0.2, 0.25) is 0 Å². The van der Waals surface area contributed by atoms with Crippen LogP contribution in [0, 0.1) is 11.6 Å². The number of fused-ring (bicyclic) bond motifs is 1. The molecule has 1 amide bonds. The first-order chi connectivity index (χ1) is 16.4. The lowest BCUT2D eigenvalue weighted by molar-refractivity contribution is 0.0764. The van der Waals surface area contributed by atoms with Gasteiger partial charge in [-0.1, -0.05) is 31.2 Å². The van der Waals surface area contributed by atoms with Gasteiger partial charge in [-0.15, -0.1) is 0 Å². The molecule has 2 aromatic heterocycles. The zero-order valence-electron chi connectivity index (χ0n) is 18.8. The Bertz CT molecular complexity index is 1360. The van der Waals surface area contributed by atoms with Gasteiger partial charge >= 0.3 is 0 Å². The average Bonchev–Trinajstić information content (AvgIpc) is 3.40. The Morgan fingerprint density at radius 1 is 1.03 bits per heavy atom. The number of amides is 1. The minimum Gasteiger partial charge on any atom is -0.432 e. The van der Waals surface area contributed by atoms with Crippen LogP contribution >= 0.6 is 0 Å². The number of aryl methyl sites for hydroxylation is 2. The molecule has 0 bridgehead atoms. The third-order valence-corrected chi connectivity index (χ3v) is 5.87. The zero-order valence-corrected chi connectivity index (χ0v) is 18.8. The van der Waals surface area contributed by atoms with E-state index in [0.29, 0.717) is 30.6 Å². The summed E-state index contributed by atoms with van der Waals surface area (Å²) in [4.78, 5) is 18.9. The number of rotatable bonds is 6. The summed E-state index contributed by atoms with van der Waals surface area (Å²) >= 11 is 0. The molecule has 0 spiro atoms. The Hall–Kier alpha value is -4.07. The van der Waals surface area contributed by atoms with Crippen molar-refractivity contribution in [1.29, 1.82) is 0 Å². The third kappa shape index (κ3) is 4.03. The van der Waals surface area contributed by atoms with E-state index in [9.17, 15) is 13.6 Å². The van der Waals surface area contributed by atoms with Crippen LogP contribution in [-0.2, 0) is 26.6 Å². The van der Waals surface area contributed by atoms with Gasteiger partial charge in [-0.05, 0) is 47.4 Å². The van der Waals surface area contributed by atoms with Crippen LogP contribution in [0.4, 0.5) is 8.78 Å². The maximum Gasteiger partial charge on any atom is 0.260 e. The van der Waals surface area contributed by atoms with Crippen LogP contribution in [0.15, 0.2) is 60.9 Å². The molecule has 0 unspecified atom stereocenters. The number of aromatic nitrogens is 3. The lowest BCUT2D eigenvalue weighted by Gasteiger charge is -2.16. The van der Waals surface area contributed by atoms with Gasteiger partial charge in [0.1, 0.15) is 5.56 Å². The van der Waals surface area contributed by atoms with Gasteiger partial charge in [-0.2, -0.15) is 5.10 Å². The van der Waals surface area contributed by atoms with Crippen LogP contribution in [0.25, 0.3) is 11.3 Å². The molecule has 4 aromatic rings. The molecule has 0 saturated carbocycles. The van der Waals surface area contributed by atoms with Crippen LogP contribution in [0.1, 0.15) is 34.0 Å². The lowest BCUT2D eigenvalue weighted by Crippen LogP contribution is -2.23. The minimum atomic E-state index is -0.827. The highest BCUT2D eigenvalue weighted by molar-refractivity contribution is 6.00. The van der Waals surface area contributed by atoms with Crippen LogP contribution in [0.5, 0.6) is 11.6 Å². The maximum absolute atomic E-state index is 14.5. The van der Waals surface area contributed by atoms with E-state index < -0.39 is 17.4 Å². The van der Waals surface area contributed by atoms with Crippen LogP contribution in [0.3, 0.4) is 0 Å². The molecule has 8 heteroatoms. The molecule has 3 heterocycles. The van der Waals surface area contributed by atoms with Gasteiger partial charge in [-0.3, -0.25) is 9.48 Å². The van der Waals surface area contributed by atoms with E-state index in [4.69, 9.17) is 4.74 Å². The predicted molar refractivity (Wildman–Crippen MR) is 122 cm³/mol. The molecule has 1 aliphatic rings. The molecule has 0 N–H and O–H groups in total. The fourth-order valence-electron chi connectivity index (χ4n) is 4.06. The van der Waals surface area contributed by atoms with Gasteiger partial charge in [0.2, 0.25) is 11.6 Å². The Labute approximate surface area is 195 Å². The first-order valence-electron chi connectivity index (χ1n) is 10.9. The van der Waals surface area contributed by atoms with E-state index in [1.807, 2.05) is 43.6 Å². The molecule has 0 saturated heterocycles. The van der Waals surface area contributed by atoms with Gasteiger partial charge in [-0.25, -0.2) is 13.8 Å². The SMILES string of the molecule is CCc1cc(F)c(Oc2nccc3c2C(=O)N(Cc2ccc(-c4ccn(C)n4)cc2)C3)c(F)c1. The Morgan fingerprint density at radius 3 is 2.41 bits per heavy atom.